The number of imidazole rings is 1. The summed E-state index contributed by atoms with van der Waals surface area (Å²) in [6.07, 6.45) is 6.03. The molecule has 1 aliphatic carbocycles. The van der Waals surface area contributed by atoms with Gasteiger partial charge in [0.15, 0.2) is 5.03 Å². The minimum atomic E-state index is -3.64. The van der Waals surface area contributed by atoms with Gasteiger partial charge in [-0.3, -0.25) is 4.90 Å². The molecule has 3 heterocycles. The van der Waals surface area contributed by atoms with Crippen molar-refractivity contribution < 1.29 is 12.8 Å². The highest BCUT2D eigenvalue weighted by atomic mass is 32.2. The molecule has 2 saturated heterocycles. The third kappa shape index (κ3) is 3.68. The standard InChI is InChI=1S/C26H29FN4O2S/c1-29-16-26(28-17-29)34(32,33)31-14-20(15-31)22-13-21-19(11-24(22)27)12-25(30-8-5-9-30)23(21)10-18-6-3-2-4-7-18/h2-4,6-7,11,13,16-17,20,23,25H,5,8-10,12,14-15H2,1H3. The van der Waals surface area contributed by atoms with Crippen LogP contribution in [0.1, 0.15) is 40.5 Å². The molecule has 0 N–H and O–H groups in total. The van der Waals surface area contributed by atoms with Gasteiger partial charge in [0.1, 0.15) is 5.82 Å². The van der Waals surface area contributed by atoms with Gasteiger partial charge < -0.3 is 4.57 Å². The highest BCUT2D eigenvalue weighted by molar-refractivity contribution is 7.89. The molecule has 2 aromatic carbocycles. The number of nitrogens with zero attached hydrogens (tertiary/aromatic N) is 4. The Morgan fingerprint density at radius 2 is 1.85 bits per heavy atom. The Kier molecular flexibility index (Phi) is 5.35. The molecule has 34 heavy (non-hydrogen) atoms. The van der Waals surface area contributed by atoms with Crippen LogP contribution in [-0.4, -0.2) is 59.4 Å². The molecule has 0 radical (unpaired) electrons. The van der Waals surface area contributed by atoms with Crippen LogP contribution in [0, 0.1) is 5.82 Å². The van der Waals surface area contributed by atoms with Gasteiger partial charge in [-0.25, -0.2) is 17.8 Å². The molecule has 178 valence electrons. The van der Waals surface area contributed by atoms with Crippen molar-refractivity contribution in [1.29, 1.82) is 0 Å². The van der Waals surface area contributed by atoms with Gasteiger partial charge in [0.25, 0.3) is 10.0 Å². The Bertz CT molecular complexity index is 1310. The maximum Gasteiger partial charge on any atom is 0.262 e. The number of halogens is 1. The van der Waals surface area contributed by atoms with Gasteiger partial charge >= 0.3 is 0 Å². The number of aromatic nitrogens is 2. The van der Waals surface area contributed by atoms with Crippen molar-refractivity contribution in [3.63, 3.8) is 0 Å². The lowest BCUT2D eigenvalue weighted by atomic mass is 9.85. The molecule has 3 aromatic rings. The summed E-state index contributed by atoms with van der Waals surface area (Å²) >= 11 is 0. The van der Waals surface area contributed by atoms with Crippen LogP contribution in [0.3, 0.4) is 0 Å². The first-order valence-electron chi connectivity index (χ1n) is 12.0. The molecule has 8 heteroatoms. The maximum atomic E-state index is 15.2. The molecule has 6 nitrogen and oxygen atoms in total. The minimum Gasteiger partial charge on any atom is -0.339 e. The summed E-state index contributed by atoms with van der Waals surface area (Å²) in [6, 6.07) is 14.7. The predicted molar refractivity (Wildman–Crippen MR) is 128 cm³/mol. The van der Waals surface area contributed by atoms with Crippen molar-refractivity contribution >= 4 is 10.0 Å². The van der Waals surface area contributed by atoms with Crippen molar-refractivity contribution in [2.75, 3.05) is 26.2 Å². The summed E-state index contributed by atoms with van der Waals surface area (Å²) in [6.45, 7) is 2.80. The van der Waals surface area contributed by atoms with E-state index in [1.807, 2.05) is 12.1 Å². The first-order valence-corrected chi connectivity index (χ1v) is 13.4. The number of aryl methyl sites for hydroxylation is 1. The average molecular weight is 481 g/mol. The second-order valence-corrected chi connectivity index (χ2v) is 11.8. The smallest absolute Gasteiger partial charge is 0.262 e. The molecule has 2 aliphatic heterocycles. The van der Waals surface area contributed by atoms with Crippen LogP contribution in [-0.2, 0) is 29.9 Å². The fourth-order valence-corrected chi connectivity index (χ4v) is 7.21. The molecule has 0 saturated carbocycles. The lowest BCUT2D eigenvalue weighted by molar-refractivity contribution is 0.106. The predicted octanol–water partition coefficient (Wildman–Crippen LogP) is 3.30. The SMILES string of the molecule is Cn1cnc(S(=O)(=O)N2CC(c3cc4c(cc3F)CC(N3CCC3)C4Cc3ccccc3)C2)c1. The summed E-state index contributed by atoms with van der Waals surface area (Å²) in [5.41, 5.74) is 4.29. The van der Waals surface area contributed by atoms with Crippen LogP contribution >= 0.6 is 0 Å². The largest absolute Gasteiger partial charge is 0.339 e. The third-order valence-corrected chi connectivity index (χ3v) is 9.50. The summed E-state index contributed by atoms with van der Waals surface area (Å²) in [5.74, 6) is -0.0175. The Hall–Kier alpha value is -2.55. The second kappa shape index (κ2) is 8.29. The van der Waals surface area contributed by atoms with Crippen molar-refractivity contribution in [3.8, 4) is 0 Å². The minimum absolute atomic E-state index is 0.0446. The van der Waals surface area contributed by atoms with Gasteiger partial charge in [-0.05, 0) is 60.7 Å². The molecule has 1 aromatic heterocycles. The van der Waals surface area contributed by atoms with E-state index in [1.54, 1.807) is 17.7 Å². The number of sulfonamides is 1. The zero-order valence-corrected chi connectivity index (χ0v) is 20.1. The number of hydrogen-bond acceptors (Lipinski definition) is 4. The molecule has 2 fully saturated rings. The van der Waals surface area contributed by atoms with Gasteiger partial charge in [0.2, 0.25) is 0 Å². The van der Waals surface area contributed by atoms with E-state index in [0.717, 1.165) is 31.5 Å². The highest BCUT2D eigenvalue weighted by Crippen LogP contribution is 2.43. The summed E-state index contributed by atoms with van der Waals surface area (Å²) < 4.78 is 43.9. The van der Waals surface area contributed by atoms with Crippen molar-refractivity contribution in [3.05, 3.63) is 83.1 Å². The summed E-state index contributed by atoms with van der Waals surface area (Å²) in [4.78, 5) is 6.53. The van der Waals surface area contributed by atoms with Gasteiger partial charge in [0.05, 0.1) is 6.33 Å². The molecule has 0 amide bonds. The number of fused-ring (bicyclic) bond motifs is 1. The average Bonchev–Trinajstić information content (AvgIpc) is 3.31. The third-order valence-electron chi connectivity index (χ3n) is 7.78. The Balaban J connectivity index is 1.26. The van der Waals surface area contributed by atoms with Crippen LogP contribution in [0.4, 0.5) is 4.39 Å². The van der Waals surface area contributed by atoms with Crippen LogP contribution in [0.5, 0.6) is 0 Å². The second-order valence-electron chi connectivity index (χ2n) is 9.93. The molecular formula is C26H29FN4O2S. The molecule has 0 spiro atoms. The van der Waals surface area contributed by atoms with Crippen LogP contribution in [0.2, 0.25) is 0 Å². The van der Waals surface area contributed by atoms with Crippen LogP contribution < -0.4 is 0 Å². The van der Waals surface area contributed by atoms with Gasteiger partial charge in [-0.2, -0.15) is 4.31 Å². The number of likely N-dealkylation sites (tertiary alicyclic amines) is 1. The monoisotopic (exact) mass is 480 g/mol. The first kappa shape index (κ1) is 21.9. The maximum absolute atomic E-state index is 15.2. The molecule has 0 bridgehead atoms. The van der Waals surface area contributed by atoms with E-state index in [1.165, 1.54) is 34.4 Å². The van der Waals surface area contributed by atoms with Gasteiger partial charge in [-0.15, -0.1) is 0 Å². The quantitative estimate of drug-likeness (QED) is 0.543. The Labute approximate surface area is 200 Å². The lowest BCUT2D eigenvalue weighted by Gasteiger charge is -2.40. The van der Waals surface area contributed by atoms with Gasteiger partial charge in [0, 0.05) is 44.2 Å². The highest BCUT2D eigenvalue weighted by Gasteiger charge is 2.42. The van der Waals surface area contributed by atoms with E-state index in [0.29, 0.717) is 17.5 Å². The Morgan fingerprint density at radius 1 is 1.09 bits per heavy atom. The summed E-state index contributed by atoms with van der Waals surface area (Å²) in [5, 5.41) is 0.0446. The topological polar surface area (TPSA) is 58.4 Å². The number of benzene rings is 2. The molecule has 2 atom stereocenters. The molecular weight excluding hydrogens is 451 g/mol. The lowest BCUT2D eigenvalue weighted by Crippen LogP contribution is -2.48. The zero-order valence-electron chi connectivity index (χ0n) is 19.3. The normalized spacial score (nSPS) is 23.5. The van der Waals surface area contributed by atoms with Crippen molar-refractivity contribution in [2.24, 2.45) is 7.05 Å². The van der Waals surface area contributed by atoms with E-state index in [4.69, 9.17) is 0 Å². The van der Waals surface area contributed by atoms with E-state index < -0.39 is 10.0 Å². The molecule has 6 rings (SSSR count). The summed E-state index contributed by atoms with van der Waals surface area (Å²) in [7, 11) is -1.90. The first-order chi connectivity index (χ1) is 16.4. The molecule has 2 unspecified atom stereocenters. The fraction of sp³-hybridized carbons (Fsp3) is 0.423. The van der Waals surface area contributed by atoms with E-state index in [9.17, 15) is 8.42 Å². The van der Waals surface area contributed by atoms with Crippen LogP contribution in [0.25, 0.3) is 0 Å². The van der Waals surface area contributed by atoms with E-state index in [2.05, 4.69) is 34.1 Å². The van der Waals surface area contributed by atoms with E-state index in [-0.39, 0.29) is 29.9 Å². The number of hydrogen-bond donors (Lipinski definition) is 0. The zero-order chi connectivity index (χ0) is 23.4. The molecule has 3 aliphatic rings. The Morgan fingerprint density at radius 3 is 2.50 bits per heavy atom. The van der Waals surface area contributed by atoms with Crippen molar-refractivity contribution in [2.45, 2.75) is 42.2 Å². The fourth-order valence-electron chi connectivity index (χ4n) is 5.71. The van der Waals surface area contributed by atoms with Crippen LogP contribution in [0.15, 0.2) is 60.0 Å². The van der Waals surface area contributed by atoms with E-state index >= 15 is 4.39 Å². The van der Waals surface area contributed by atoms with Crippen molar-refractivity contribution in [1.82, 2.24) is 18.8 Å². The van der Waals surface area contributed by atoms with Gasteiger partial charge in [-0.1, -0.05) is 36.4 Å². The number of rotatable bonds is 6.